The molecular weight excluding hydrogens is 352 g/mol. The van der Waals surface area contributed by atoms with Gasteiger partial charge in [-0.2, -0.15) is 5.10 Å². The molecule has 4 rings (SSSR count). The highest BCUT2D eigenvalue weighted by Gasteiger charge is 2.16. The van der Waals surface area contributed by atoms with E-state index in [9.17, 15) is 0 Å². The van der Waals surface area contributed by atoms with E-state index < -0.39 is 0 Å². The molecule has 0 radical (unpaired) electrons. The van der Waals surface area contributed by atoms with Crippen LogP contribution in [-0.4, -0.2) is 31.0 Å². The standard InChI is InChI=1S/C18H24N6O.ClH/c1-13(2)8-16-9-14(22-25-16)12-23-7-5-20-18(23)17-10-15-11-19-4-3-6-24(15)21-17;/h5,7,9-10,13,19H,3-4,6,8,11-12H2,1-2H3;1H. The number of nitrogens with zero attached hydrogens (tertiary/aromatic N) is 5. The van der Waals surface area contributed by atoms with Crippen molar-refractivity contribution >= 4 is 12.4 Å². The van der Waals surface area contributed by atoms with Crippen LogP contribution in [0, 0.1) is 5.92 Å². The van der Waals surface area contributed by atoms with E-state index in [-0.39, 0.29) is 12.4 Å². The maximum atomic E-state index is 5.44. The van der Waals surface area contributed by atoms with Crippen molar-refractivity contribution in [3.63, 3.8) is 0 Å². The Kier molecular flexibility index (Phi) is 5.78. The van der Waals surface area contributed by atoms with Crippen LogP contribution in [0.15, 0.2) is 29.0 Å². The van der Waals surface area contributed by atoms with Gasteiger partial charge in [-0.25, -0.2) is 4.98 Å². The summed E-state index contributed by atoms with van der Waals surface area (Å²) in [5.41, 5.74) is 3.04. The summed E-state index contributed by atoms with van der Waals surface area (Å²) >= 11 is 0. The molecule has 7 nitrogen and oxygen atoms in total. The second kappa shape index (κ2) is 8.05. The van der Waals surface area contributed by atoms with Crippen molar-refractivity contribution in [1.29, 1.82) is 0 Å². The fourth-order valence-corrected chi connectivity index (χ4v) is 3.24. The average Bonchev–Trinajstić information content (AvgIpc) is 3.26. The second-order valence-electron chi connectivity index (χ2n) is 7.04. The molecule has 0 aliphatic carbocycles. The first-order valence-corrected chi connectivity index (χ1v) is 8.92. The normalized spacial score (nSPS) is 14.1. The minimum absolute atomic E-state index is 0. The predicted molar refractivity (Wildman–Crippen MR) is 101 cm³/mol. The molecule has 0 amide bonds. The van der Waals surface area contributed by atoms with E-state index >= 15 is 0 Å². The van der Waals surface area contributed by atoms with E-state index in [1.807, 2.05) is 18.5 Å². The summed E-state index contributed by atoms with van der Waals surface area (Å²) in [6.07, 6.45) is 5.78. The summed E-state index contributed by atoms with van der Waals surface area (Å²) in [5, 5.41) is 12.4. The van der Waals surface area contributed by atoms with Gasteiger partial charge in [-0.15, -0.1) is 12.4 Å². The topological polar surface area (TPSA) is 73.7 Å². The first kappa shape index (κ1) is 18.7. The Hall–Kier alpha value is -2.12. The molecule has 8 heteroatoms. The van der Waals surface area contributed by atoms with Crippen molar-refractivity contribution < 1.29 is 4.52 Å². The van der Waals surface area contributed by atoms with Crippen molar-refractivity contribution in [2.24, 2.45) is 5.92 Å². The number of aryl methyl sites for hydroxylation is 1. The number of nitrogens with one attached hydrogen (secondary N) is 1. The van der Waals surface area contributed by atoms with Crippen molar-refractivity contribution in [2.45, 2.75) is 46.3 Å². The Labute approximate surface area is 159 Å². The summed E-state index contributed by atoms with van der Waals surface area (Å²) in [5.74, 6) is 2.36. The van der Waals surface area contributed by atoms with Crippen molar-refractivity contribution in [1.82, 2.24) is 29.8 Å². The minimum atomic E-state index is 0. The van der Waals surface area contributed by atoms with Gasteiger partial charge in [-0.3, -0.25) is 4.68 Å². The van der Waals surface area contributed by atoms with Crippen molar-refractivity contribution in [3.8, 4) is 11.5 Å². The third-order valence-corrected chi connectivity index (χ3v) is 4.39. The van der Waals surface area contributed by atoms with Gasteiger partial charge in [0.15, 0.2) is 5.82 Å². The highest BCUT2D eigenvalue weighted by Crippen LogP contribution is 2.20. The van der Waals surface area contributed by atoms with E-state index in [0.29, 0.717) is 12.5 Å². The molecule has 140 valence electrons. The molecule has 0 fully saturated rings. The summed E-state index contributed by atoms with van der Waals surface area (Å²) in [7, 11) is 0. The molecule has 0 saturated heterocycles. The molecule has 1 aliphatic rings. The Morgan fingerprint density at radius 2 is 2.19 bits per heavy atom. The Morgan fingerprint density at radius 3 is 3.04 bits per heavy atom. The third kappa shape index (κ3) is 3.99. The zero-order chi connectivity index (χ0) is 17.2. The smallest absolute Gasteiger partial charge is 0.160 e. The Balaban J connectivity index is 0.00000196. The van der Waals surface area contributed by atoms with Crippen LogP contribution in [0.3, 0.4) is 0 Å². The maximum Gasteiger partial charge on any atom is 0.160 e. The Morgan fingerprint density at radius 1 is 1.31 bits per heavy atom. The summed E-state index contributed by atoms with van der Waals surface area (Å²) in [6.45, 7) is 7.83. The van der Waals surface area contributed by atoms with Crippen LogP contribution in [-0.2, 0) is 26.1 Å². The first-order valence-electron chi connectivity index (χ1n) is 8.92. The van der Waals surface area contributed by atoms with Gasteiger partial charge in [-0.05, 0) is 24.9 Å². The third-order valence-electron chi connectivity index (χ3n) is 4.39. The number of rotatable bonds is 5. The summed E-state index contributed by atoms with van der Waals surface area (Å²) in [4.78, 5) is 4.51. The molecule has 0 saturated carbocycles. The highest BCUT2D eigenvalue weighted by atomic mass is 35.5. The van der Waals surface area contributed by atoms with E-state index in [4.69, 9.17) is 9.62 Å². The van der Waals surface area contributed by atoms with Crippen molar-refractivity contribution in [3.05, 3.63) is 41.7 Å². The van der Waals surface area contributed by atoms with Crippen LogP contribution < -0.4 is 5.32 Å². The highest BCUT2D eigenvalue weighted by molar-refractivity contribution is 5.85. The van der Waals surface area contributed by atoms with Crippen LogP contribution in [0.2, 0.25) is 0 Å². The fraction of sp³-hybridized carbons (Fsp3) is 0.500. The average molecular weight is 377 g/mol. The first-order chi connectivity index (χ1) is 12.2. The molecule has 0 bridgehead atoms. The molecule has 0 atom stereocenters. The zero-order valence-electron chi connectivity index (χ0n) is 15.2. The minimum Gasteiger partial charge on any atom is -0.361 e. The maximum absolute atomic E-state index is 5.44. The van der Waals surface area contributed by atoms with Gasteiger partial charge in [0.1, 0.15) is 17.1 Å². The van der Waals surface area contributed by atoms with E-state index in [2.05, 4.69) is 44.6 Å². The monoisotopic (exact) mass is 376 g/mol. The van der Waals surface area contributed by atoms with E-state index in [1.165, 1.54) is 5.69 Å². The molecule has 1 N–H and O–H groups in total. The lowest BCUT2D eigenvalue weighted by Crippen LogP contribution is -2.11. The van der Waals surface area contributed by atoms with Crippen LogP contribution >= 0.6 is 12.4 Å². The van der Waals surface area contributed by atoms with E-state index in [1.54, 1.807) is 0 Å². The lowest BCUT2D eigenvalue weighted by Gasteiger charge is -2.03. The van der Waals surface area contributed by atoms with Crippen molar-refractivity contribution in [2.75, 3.05) is 6.54 Å². The predicted octanol–water partition coefficient (Wildman–Crippen LogP) is 2.90. The summed E-state index contributed by atoms with van der Waals surface area (Å²) in [6, 6.07) is 4.17. The SMILES string of the molecule is CC(C)Cc1cc(Cn2ccnc2-c2cc3n(n2)CCCNC3)no1.Cl. The van der Waals surface area contributed by atoms with Gasteiger partial charge >= 0.3 is 0 Å². The van der Waals surface area contributed by atoms with Gasteiger partial charge in [0, 0.05) is 38.0 Å². The number of imidazole rings is 1. The fourth-order valence-electron chi connectivity index (χ4n) is 3.24. The largest absolute Gasteiger partial charge is 0.361 e. The van der Waals surface area contributed by atoms with Gasteiger partial charge in [0.25, 0.3) is 0 Å². The van der Waals surface area contributed by atoms with Gasteiger partial charge in [-0.1, -0.05) is 19.0 Å². The van der Waals surface area contributed by atoms with Crippen LogP contribution in [0.1, 0.15) is 37.4 Å². The molecule has 1 aliphatic heterocycles. The molecular formula is C18H25ClN6O. The second-order valence-corrected chi connectivity index (χ2v) is 7.04. The van der Waals surface area contributed by atoms with Crippen LogP contribution in [0.25, 0.3) is 11.5 Å². The van der Waals surface area contributed by atoms with Crippen LogP contribution in [0.5, 0.6) is 0 Å². The van der Waals surface area contributed by atoms with Gasteiger partial charge < -0.3 is 14.4 Å². The molecule has 0 unspecified atom stereocenters. The lowest BCUT2D eigenvalue weighted by molar-refractivity contribution is 0.362. The molecule has 0 aromatic carbocycles. The molecule has 3 aromatic rings. The number of aromatic nitrogens is 5. The quantitative estimate of drug-likeness (QED) is 0.741. The molecule has 26 heavy (non-hydrogen) atoms. The van der Waals surface area contributed by atoms with Crippen LogP contribution in [0.4, 0.5) is 0 Å². The molecule has 0 spiro atoms. The molecule has 3 aromatic heterocycles. The zero-order valence-corrected chi connectivity index (χ0v) is 16.0. The van der Waals surface area contributed by atoms with Gasteiger partial charge in [0.2, 0.25) is 0 Å². The molecule has 4 heterocycles. The van der Waals surface area contributed by atoms with Gasteiger partial charge in [0.05, 0.1) is 12.2 Å². The Bertz CT molecular complexity index is 826. The number of fused-ring (bicyclic) bond motifs is 1. The van der Waals surface area contributed by atoms with E-state index in [0.717, 1.165) is 55.4 Å². The number of hydrogen-bond donors (Lipinski definition) is 1. The lowest BCUT2D eigenvalue weighted by atomic mass is 10.1. The number of halogens is 1. The summed E-state index contributed by atoms with van der Waals surface area (Å²) < 4.78 is 9.60. The number of hydrogen-bond acceptors (Lipinski definition) is 5.